The SMILES string of the molecule is CN(CC(F)F)C(=O)[C@@H]1CCC[C@@H]1CN. The molecule has 88 valence electrons. The predicted octanol–water partition coefficient (Wildman–Crippen LogP) is 1.08. The monoisotopic (exact) mass is 220 g/mol. The van der Waals surface area contributed by atoms with Crippen LogP contribution in [-0.4, -0.2) is 37.4 Å². The standard InChI is InChI=1S/C10H18F2N2O/c1-14(6-9(11)12)10(15)8-4-2-3-7(8)5-13/h7-9H,2-6,13H2,1H3/t7-,8-/m1/s1. The smallest absolute Gasteiger partial charge is 0.255 e. The third-order valence-electron chi connectivity index (χ3n) is 3.07. The van der Waals surface area contributed by atoms with Crippen LogP contribution >= 0.6 is 0 Å². The van der Waals surface area contributed by atoms with Crippen molar-refractivity contribution in [3.05, 3.63) is 0 Å². The molecule has 0 spiro atoms. The first-order valence-electron chi connectivity index (χ1n) is 5.29. The van der Waals surface area contributed by atoms with Crippen LogP contribution in [0.2, 0.25) is 0 Å². The van der Waals surface area contributed by atoms with Gasteiger partial charge in [-0.05, 0) is 25.3 Å². The molecule has 5 heteroatoms. The Morgan fingerprint density at radius 2 is 2.20 bits per heavy atom. The number of alkyl halides is 2. The number of nitrogens with zero attached hydrogens (tertiary/aromatic N) is 1. The molecule has 0 bridgehead atoms. The minimum absolute atomic E-state index is 0.140. The van der Waals surface area contributed by atoms with Crippen LogP contribution in [0, 0.1) is 11.8 Å². The summed E-state index contributed by atoms with van der Waals surface area (Å²) in [5, 5.41) is 0. The van der Waals surface area contributed by atoms with E-state index in [-0.39, 0.29) is 17.7 Å². The second kappa shape index (κ2) is 5.39. The van der Waals surface area contributed by atoms with Gasteiger partial charge in [-0.1, -0.05) is 6.42 Å². The highest BCUT2D eigenvalue weighted by atomic mass is 19.3. The van der Waals surface area contributed by atoms with Gasteiger partial charge in [0.25, 0.3) is 6.43 Å². The van der Waals surface area contributed by atoms with Gasteiger partial charge in [0.1, 0.15) is 0 Å². The van der Waals surface area contributed by atoms with Gasteiger partial charge in [0.15, 0.2) is 0 Å². The van der Waals surface area contributed by atoms with Crippen molar-refractivity contribution in [1.82, 2.24) is 4.90 Å². The summed E-state index contributed by atoms with van der Waals surface area (Å²) in [5.41, 5.74) is 5.54. The zero-order chi connectivity index (χ0) is 11.4. The highest BCUT2D eigenvalue weighted by Gasteiger charge is 2.34. The second-order valence-corrected chi connectivity index (χ2v) is 4.14. The zero-order valence-electron chi connectivity index (χ0n) is 8.96. The van der Waals surface area contributed by atoms with Gasteiger partial charge in [-0.2, -0.15) is 0 Å². The van der Waals surface area contributed by atoms with Gasteiger partial charge in [-0.3, -0.25) is 4.79 Å². The van der Waals surface area contributed by atoms with Gasteiger partial charge >= 0.3 is 0 Å². The van der Waals surface area contributed by atoms with Crippen molar-refractivity contribution in [2.75, 3.05) is 20.1 Å². The molecule has 0 unspecified atom stereocenters. The maximum atomic E-state index is 12.1. The van der Waals surface area contributed by atoms with Crippen LogP contribution in [0.1, 0.15) is 19.3 Å². The summed E-state index contributed by atoms with van der Waals surface area (Å²) in [4.78, 5) is 12.9. The number of rotatable bonds is 4. The molecule has 0 aromatic carbocycles. The van der Waals surface area contributed by atoms with Crippen LogP contribution < -0.4 is 5.73 Å². The van der Waals surface area contributed by atoms with E-state index in [1.807, 2.05) is 0 Å². The fraction of sp³-hybridized carbons (Fsp3) is 0.900. The molecule has 0 aromatic rings. The lowest BCUT2D eigenvalue weighted by atomic mass is 9.95. The lowest BCUT2D eigenvalue weighted by molar-refractivity contribution is -0.137. The molecular formula is C10H18F2N2O. The van der Waals surface area contributed by atoms with E-state index in [0.29, 0.717) is 6.54 Å². The van der Waals surface area contributed by atoms with Crippen molar-refractivity contribution in [2.45, 2.75) is 25.7 Å². The maximum Gasteiger partial charge on any atom is 0.255 e. The Morgan fingerprint density at radius 3 is 2.73 bits per heavy atom. The van der Waals surface area contributed by atoms with Gasteiger partial charge < -0.3 is 10.6 Å². The number of carbonyl (C=O) groups excluding carboxylic acids is 1. The molecule has 1 amide bonds. The minimum atomic E-state index is -2.46. The molecular weight excluding hydrogens is 202 g/mol. The van der Waals surface area contributed by atoms with Crippen molar-refractivity contribution < 1.29 is 13.6 Å². The summed E-state index contributed by atoms with van der Waals surface area (Å²) in [6.45, 7) is -0.00838. The number of halogens is 2. The molecule has 0 saturated heterocycles. The Bertz CT molecular complexity index is 223. The number of hydrogen-bond donors (Lipinski definition) is 1. The van der Waals surface area contributed by atoms with Crippen LogP contribution in [0.5, 0.6) is 0 Å². The summed E-state index contributed by atoms with van der Waals surface area (Å²) < 4.78 is 24.2. The van der Waals surface area contributed by atoms with E-state index in [1.165, 1.54) is 7.05 Å². The van der Waals surface area contributed by atoms with Crippen molar-refractivity contribution in [2.24, 2.45) is 17.6 Å². The molecule has 2 atom stereocenters. The average Bonchev–Trinajstić information content (AvgIpc) is 2.62. The van der Waals surface area contributed by atoms with Gasteiger partial charge in [0.2, 0.25) is 5.91 Å². The summed E-state index contributed by atoms with van der Waals surface area (Å²) in [6, 6.07) is 0. The zero-order valence-corrected chi connectivity index (χ0v) is 8.96. The summed E-state index contributed by atoms with van der Waals surface area (Å²) in [7, 11) is 1.43. The Balaban J connectivity index is 2.51. The second-order valence-electron chi connectivity index (χ2n) is 4.14. The van der Waals surface area contributed by atoms with Crippen molar-refractivity contribution in [3.63, 3.8) is 0 Å². The van der Waals surface area contributed by atoms with Gasteiger partial charge in [0, 0.05) is 13.0 Å². The van der Waals surface area contributed by atoms with E-state index in [2.05, 4.69) is 0 Å². The molecule has 1 fully saturated rings. The lowest BCUT2D eigenvalue weighted by Gasteiger charge is -2.24. The average molecular weight is 220 g/mol. The molecule has 0 radical (unpaired) electrons. The van der Waals surface area contributed by atoms with Crippen LogP contribution in [0.15, 0.2) is 0 Å². The Labute approximate surface area is 88.6 Å². The number of nitrogens with two attached hydrogens (primary N) is 1. The van der Waals surface area contributed by atoms with Crippen LogP contribution in [0.25, 0.3) is 0 Å². The third-order valence-corrected chi connectivity index (χ3v) is 3.07. The van der Waals surface area contributed by atoms with Gasteiger partial charge in [0.05, 0.1) is 6.54 Å². The van der Waals surface area contributed by atoms with Crippen molar-refractivity contribution in [1.29, 1.82) is 0 Å². The summed E-state index contributed by atoms with van der Waals surface area (Å²) in [6.07, 6.45) is 0.237. The van der Waals surface area contributed by atoms with E-state index < -0.39 is 13.0 Å². The quantitative estimate of drug-likeness (QED) is 0.770. The third kappa shape index (κ3) is 3.12. The molecule has 1 saturated carbocycles. The topological polar surface area (TPSA) is 46.3 Å². The Morgan fingerprint density at radius 1 is 1.53 bits per heavy atom. The first-order valence-corrected chi connectivity index (χ1v) is 5.29. The fourth-order valence-electron chi connectivity index (χ4n) is 2.22. The maximum absolute atomic E-state index is 12.1. The van der Waals surface area contributed by atoms with E-state index in [0.717, 1.165) is 24.2 Å². The molecule has 1 aliphatic carbocycles. The molecule has 0 heterocycles. The molecule has 1 aliphatic rings. The van der Waals surface area contributed by atoms with Gasteiger partial charge in [-0.25, -0.2) is 8.78 Å². The predicted molar refractivity (Wildman–Crippen MR) is 53.5 cm³/mol. The van der Waals surface area contributed by atoms with Gasteiger partial charge in [-0.15, -0.1) is 0 Å². The summed E-state index contributed by atoms with van der Waals surface area (Å²) >= 11 is 0. The molecule has 15 heavy (non-hydrogen) atoms. The molecule has 2 N–H and O–H groups in total. The minimum Gasteiger partial charge on any atom is -0.340 e. The highest BCUT2D eigenvalue weighted by Crippen LogP contribution is 2.32. The fourth-order valence-corrected chi connectivity index (χ4v) is 2.22. The molecule has 3 nitrogen and oxygen atoms in total. The van der Waals surface area contributed by atoms with Crippen LogP contribution in [0.4, 0.5) is 8.78 Å². The van der Waals surface area contributed by atoms with Crippen LogP contribution in [0.3, 0.4) is 0 Å². The van der Waals surface area contributed by atoms with Crippen molar-refractivity contribution >= 4 is 5.91 Å². The normalized spacial score (nSPS) is 25.9. The van der Waals surface area contributed by atoms with E-state index in [9.17, 15) is 13.6 Å². The Hall–Kier alpha value is -0.710. The number of amides is 1. The first-order chi connectivity index (χ1) is 7.06. The molecule has 0 aromatic heterocycles. The Kier molecular flexibility index (Phi) is 4.45. The largest absolute Gasteiger partial charge is 0.340 e. The number of carbonyl (C=O) groups is 1. The van der Waals surface area contributed by atoms with E-state index in [4.69, 9.17) is 5.73 Å². The number of hydrogen-bond acceptors (Lipinski definition) is 2. The first kappa shape index (κ1) is 12.4. The van der Waals surface area contributed by atoms with Crippen molar-refractivity contribution in [3.8, 4) is 0 Å². The highest BCUT2D eigenvalue weighted by molar-refractivity contribution is 5.79. The summed E-state index contributed by atoms with van der Waals surface area (Å²) in [5.74, 6) is -0.139. The van der Waals surface area contributed by atoms with E-state index in [1.54, 1.807) is 0 Å². The van der Waals surface area contributed by atoms with E-state index >= 15 is 0 Å². The molecule has 0 aliphatic heterocycles. The molecule has 1 rings (SSSR count). The van der Waals surface area contributed by atoms with Crippen LogP contribution in [-0.2, 0) is 4.79 Å². The lowest BCUT2D eigenvalue weighted by Crippen LogP contribution is -2.38.